The van der Waals surface area contributed by atoms with Crippen LogP contribution in [-0.4, -0.2) is 61.5 Å². The average molecular weight is 351 g/mol. The number of aromatic nitrogens is 6. The van der Waals surface area contributed by atoms with Crippen molar-refractivity contribution in [3.05, 3.63) is 6.33 Å². The van der Waals surface area contributed by atoms with Crippen LogP contribution < -0.4 is 16.0 Å². The molecule has 10 nitrogen and oxygen atoms in total. The Kier molecular flexibility index (Phi) is 5.90. The van der Waals surface area contributed by atoms with Gasteiger partial charge >= 0.3 is 0 Å². The van der Waals surface area contributed by atoms with E-state index in [-0.39, 0.29) is 11.8 Å². The summed E-state index contributed by atoms with van der Waals surface area (Å²) in [5, 5.41) is 7.91. The van der Waals surface area contributed by atoms with Gasteiger partial charge in [0.15, 0.2) is 0 Å². The number of amides is 1. The van der Waals surface area contributed by atoms with Crippen LogP contribution >= 0.6 is 11.8 Å². The van der Waals surface area contributed by atoms with Crippen LogP contribution in [0.3, 0.4) is 0 Å². The highest BCUT2D eigenvalue weighted by Gasteiger charge is 2.13. The van der Waals surface area contributed by atoms with Gasteiger partial charge in [0, 0.05) is 20.1 Å². The Balaban J connectivity index is 2.29. The quantitative estimate of drug-likeness (QED) is 0.645. The van der Waals surface area contributed by atoms with Gasteiger partial charge in [0.2, 0.25) is 23.0 Å². The molecule has 11 heteroatoms. The molecule has 130 valence electrons. The minimum atomic E-state index is -0.425. The van der Waals surface area contributed by atoms with Crippen molar-refractivity contribution < 1.29 is 4.79 Å². The van der Waals surface area contributed by atoms with Crippen molar-refractivity contribution in [1.82, 2.24) is 29.7 Å². The molecule has 3 N–H and O–H groups in total. The second kappa shape index (κ2) is 7.90. The van der Waals surface area contributed by atoms with Gasteiger partial charge in [0.1, 0.15) is 6.33 Å². The predicted molar refractivity (Wildman–Crippen MR) is 92.4 cm³/mol. The molecule has 2 rings (SSSR count). The van der Waals surface area contributed by atoms with Crippen molar-refractivity contribution in [2.24, 2.45) is 5.73 Å². The number of nitrogens with two attached hydrogens (primary N) is 1. The largest absolute Gasteiger partial charge is 0.369 e. The number of nitrogens with zero attached hydrogens (tertiary/aromatic N) is 7. The maximum Gasteiger partial charge on any atom is 0.258 e. The number of rotatable bonds is 8. The fraction of sp³-hybridized carbons (Fsp3) is 0.538. The van der Waals surface area contributed by atoms with Gasteiger partial charge in [-0.15, -0.1) is 5.10 Å². The Labute approximate surface area is 144 Å². The van der Waals surface area contributed by atoms with Gasteiger partial charge < -0.3 is 16.0 Å². The lowest BCUT2D eigenvalue weighted by Gasteiger charge is -2.15. The second-order valence-corrected chi connectivity index (χ2v) is 6.28. The van der Waals surface area contributed by atoms with E-state index >= 15 is 0 Å². The standard InChI is InChI=1S/C13H21N9OS/c1-5-8(2)16-10-17-11(21(3)4)19-12(18-10)22-7-15-13(20-22)24-6-9(14)23/h7-8H,5-6H2,1-4H3,(H2,14,23)(H,16,17,18,19)/t8-/m1/s1. The summed E-state index contributed by atoms with van der Waals surface area (Å²) in [5.74, 6) is 1.02. The summed E-state index contributed by atoms with van der Waals surface area (Å²) in [4.78, 5) is 29.9. The number of hydrogen-bond acceptors (Lipinski definition) is 9. The molecule has 0 spiro atoms. The van der Waals surface area contributed by atoms with E-state index in [2.05, 4.69) is 37.3 Å². The van der Waals surface area contributed by atoms with Gasteiger partial charge in [-0.1, -0.05) is 18.7 Å². The maximum absolute atomic E-state index is 10.8. The predicted octanol–water partition coefficient (Wildman–Crippen LogP) is 0.306. The molecule has 0 aromatic carbocycles. The molecular formula is C13H21N9OS. The average Bonchev–Trinajstić information content (AvgIpc) is 3.01. The van der Waals surface area contributed by atoms with Crippen LogP contribution in [0.2, 0.25) is 0 Å². The Morgan fingerprint density at radius 1 is 1.42 bits per heavy atom. The number of anilines is 2. The zero-order valence-corrected chi connectivity index (χ0v) is 14.9. The van der Waals surface area contributed by atoms with Crippen LogP contribution in [0.1, 0.15) is 20.3 Å². The third-order valence-electron chi connectivity index (χ3n) is 3.02. The van der Waals surface area contributed by atoms with E-state index in [0.29, 0.717) is 23.0 Å². The smallest absolute Gasteiger partial charge is 0.258 e. The van der Waals surface area contributed by atoms with Crippen LogP contribution in [0.15, 0.2) is 11.5 Å². The van der Waals surface area contributed by atoms with Crippen molar-refractivity contribution in [1.29, 1.82) is 0 Å². The first-order chi connectivity index (χ1) is 11.4. The molecule has 0 bridgehead atoms. The summed E-state index contributed by atoms with van der Waals surface area (Å²) >= 11 is 1.16. The van der Waals surface area contributed by atoms with E-state index in [4.69, 9.17) is 5.73 Å². The van der Waals surface area contributed by atoms with E-state index in [1.165, 1.54) is 11.0 Å². The first kappa shape index (κ1) is 17.9. The van der Waals surface area contributed by atoms with E-state index in [0.717, 1.165) is 18.2 Å². The summed E-state index contributed by atoms with van der Waals surface area (Å²) in [6.07, 6.45) is 2.43. The molecule has 0 saturated carbocycles. The summed E-state index contributed by atoms with van der Waals surface area (Å²) in [6.45, 7) is 4.12. The van der Waals surface area contributed by atoms with Gasteiger partial charge in [-0.2, -0.15) is 19.6 Å². The molecule has 0 unspecified atom stereocenters. The van der Waals surface area contributed by atoms with Gasteiger partial charge in [0.05, 0.1) is 5.75 Å². The van der Waals surface area contributed by atoms with Crippen molar-refractivity contribution >= 4 is 29.6 Å². The highest BCUT2D eigenvalue weighted by Crippen LogP contribution is 2.15. The zero-order valence-electron chi connectivity index (χ0n) is 14.1. The lowest BCUT2D eigenvalue weighted by molar-refractivity contribution is -0.115. The molecule has 2 aromatic rings. The van der Waals surface area contributed by atoms with E-state index in [1.807, 2.05) is 21.0 Å². The highest BCUT2D eigenvalue weighted by molar-refractivity contribution is 7.99. The zero-order chi connectivity index (χ0) is 17.7. The van der Waals surface area contributed by atoms with Crippen molar-refractivity contribution in [2.75, 3.05) is 30.1 Å². The summed E-state index contributed by atoms with van der Waals surface area (Å²) in [5.41, 5.74) is 5.12. The second-order valence-electron chi connectivity index (χ2n) is 5.33. The first-order valence-corrected chi connectivity index (χ1v) is 8.40. The molecule has 0 aliphatic rings. The monoisotopic (exact) mass is 351 g/mol. The maximum atomic E-state index is 10.8. The Morgan fingerprint density at radius 2 is 2.17 bits per heavy atom. The van der Waals surface area contributed by atoms with Gasteiger partial charge in [0.25, 0.3) is 5.95 Å². The molecule has 0 fully saturated rings. The van der Waals surface area contributed by atoms with Crippen molar-refractivity contribution in [3.63, 3.8) is 0 Å². The minimum absolute atomic E-state index is 0.116. The Hall–Kier alpha value is -2.43. The number of primary amides is 1. The number of nitrogens with one attached hydrogen (secondary N) is 1. The fourth-order valence-corrected chi connectivity index (χ4v) is 2.13. The third kappa shape index (κ3) is 4.78. The summed E-state index contributed by atoms with van der Waals surface area (Å²) < 4.78 is 1.44. The van der Waals surface area contributed by atoms with Crippen LogP contribution in [0.4, 0.5) is 11.9 Å². The summed E-state index contributed by atoms with van der Waals surface area (Å²) in [7, 11) is 3.70. The van der Waals surface area contributed by atoms with Crippen molar-refractivity contribution in [2.45, 2.75) is 31.5 Å². The van der Waals surface area contributed by atoms with E-state index in [1.54, 1.807) is 4.90 Å². The Bertz CT molecular complexity index is 703. The lowest BCUT2D eigenvalue weighted by atomic mass is 10.3. The van der Waals surface area contributed by atoms with E-state index < -0.39 is 5.91 Å². The summed E-state index contributed by atoms with van der Waals surface area (Å²) in [6, 6.07) is 0.229. The van der Waals surface area contributed by atoms with Crippen LogP contribution in [0.5, 0.6) is 0 Å². The molecule has 2 heterocycles. The van der Waals surface area contributed by atoms with Gasteiger partial charge in [-0.05, 0) is 13.3 Å². The van der Waals surface area contributed by atoms with Crippen LogP contribution in [0, 0.1) is 0 Å². The molecule has 1 atom stereocenters. The molecule has 0 saturated heterocycles. The number of thioether (sulfide) groups is 1. The molecular weight excluding hydrogens is 330 g/mol. The SMILES string of the molecule is CC[C@@H](C)Nc1nc(N(C)C)nc(-n2cnc(SCC(N)=O)n2)n1. The Morgan fingerprint density at radius 3 is 2.79 bits per heavy atom. The van der Waals surface area contributed by atoms with Crippen LogP contribution in [-0.2, 0) is 4.79 Å². The molecule has 0 aliphatic carbocycles. The van der Waals surface area contributed by atoms with Gasteiger partial charge in [-0.3, -0.25) is 4.79 Å². The topological polar surface area (TPSA) is 128 Å². The van der Waals surface area contributed by atoms with Gasteiger partial charge in [-0.25, -0.2) is 4.98 Å². The first-order valence-electron chi connectivity index (χ1n) is 7.42. The molecule has 24 heavy (non-hydrogen) atoms. The highest BCUT2D eigenvalue weighted by atomic mass is 32.2. The number of hydrogen-bond donors (Lipinski definition) is 2. The fourth-order valence-electron chi connectivity index (χ4n) is 1.59. The molecule has 0 radical (unpaired) electrons. The lowest BCUT2D eigenvalue weighted by Crippen LogP contribution is -2.21. The van der Waals surface area contributed by atoms with Crippen molar-refractivity contribution in [3.8, 4) is 5.95 Å². The molecule has 0 aliphatic heterocycles. The minimum Gasteiger partial charge on any atom is -0.369 e. The van der Waals surface area contributed by atoms with Crippen LogP contribution in [0.25, 0.3) is 5.95 Å². The normalized spacial score (nSPS) is 12.0. The number of carbonyl (C=O) groups is 1. The molecule has 2 aromatic heterocycles. The van der Waals surface area contributed by atoms with E-state index in [9.17, 15) is 4.79 Å². The third-order valence-corrected chi connectivity index (χ3v) is 3.89. The molecule has 1 amide bonds. The number of carbonyl (C=O) groups excluding carboxylic acids is 1.